The quantitative estimate of drug-likeness (QED) is 0.0516. The smallest absolute Gasteiger partial charge is 0.305 e. The molecule has 0 unspecified atom stereocenters. The molecular formula is C50H77N11O15. The summed E-state index contributed by atoms with van der Waals surface area (Å²) in [5.41, 5.74) is 16.6. The average molecular weight is 1070 g/mol. The number of carbonyl (C=O) groups excluding carboxylic acids is 11. The lowest BCUT2D eigenvalue weighted by Crippen LogP contribution is -2.60. The van der Waals surface area contributed by atoms with Crippen molar-refractivity contribution in [1.29, 1.82) is 0 Å². The number of aliphatic hydroxyl groups excluding tert-OH is 1. The number of phenolic OH excluding ortho intramolecular Hbond substituents is 1. The summed E-state index contributed by atoms with van der Waals surface area (Å²) in [7, 11) is 0. The zero-order chi connectivity index (χ0) is 56.5. The molecule has 2 aliphatic rings. The molecule has 0 bridgehead atoms. The van der Waals surface area contributed by atoms with E-state index in [9.17, 15) is 72.9 Å². The molecule has 0 spiro atoms. The van der Waals surface area contributed by atoms with Crippen molar-refractivity contribution < 1.29 is 72.9 Å². The van der Waals surface area contributed by atoms with Crippen molar-refractivity contribution in [1.82, 2.24) is 42.1 Å². The summed E-state index contributed by atoms with van der Waals surface area (Å²) >= 11 is 0. The molecule has 1 aromatic rings. The van der Waals surface area contributed by atoms with Gasteiger partial charge in [0.05, 0.1) is 25.9 Å². The lowest BCUT2D eigenvalue weighted by molar-refractivity contribution is -0.143. The summed E-state index contributed by atoms with van der Waals surface area (Å²) in [6.07, 6.45) is 4.15. The van der Waals surface area contributed by atoms with Crippen LogP contribution in [0.1, 0.15) is 135 Å². The zero-order valence-electron chi connectivity index (χ0n) is 43.3. The van der Waals surface area contributed by atoms with E-state index in [-0.39, 0.29) is 38.0 Å². The number of carboxylic acid groups (broad SMARTS) is 1. The lowest BCUT2D eigenvalue weighted by atomic mass is 10.0. The zero-order valence-corrected chi connectivity index (χ0v) is 43.3. The van der Waals surface area contributed by atoms with Crippen LogP contribution in [-0.2, 0) is 64.0 Å². The Hall–Kier alpha value is -7.38. The molecule has 3 rings (SSSR count). The van der Waals surface area contributed by atoms with Crippen LogP contribution in [0, 0.1) is 5.92 Å². The van der Waals surface area contributed by atoms with Gasteiger partial charge in [0.15, 0.2) is 0 Å². The molecule has 2 fully saturated rings. The van der Waals surface area contributed by atoms with Gasteiger partial charge in [-0.25, -0.2) is 0 Å². The number of nitrogens with one attached hydrogen (secondary N) is 7. The minimum atomic E-state index is -1.88. The highest BCUT2D eigenvalue weighted by Gasteiger charge is 2.41. The molecule has 16 N–H and O–H groups in total. The Bertz CT molecular complexity index is 2210. The predicted molar refractivity (Wildman–Crippen MR) is 271 cm³/mol. The summed E-state index contributed by atoms with van der Waals surface area (Å²) in [6.45, 7) is 3.24. The fourth-order valence-electron chi connectivity index (χ4n) is 8.89. The number of phenols is 1. The summed E-state index contributed by atoms with van der Waals surface area (Å²) < 4.78 is 0. The second-order valence-electron chi connectivity index (χ2n) is 19.8. The highest BCUT2D eigenvalue weighted by Crippen LogP contribution is 2.21. The van der Waals surface area contributed by atoms with Crippen molar-refractivity contribution in [2.45, 2.75) is 184 Å². The van der Waals surface area contributed by atoms with Crippen molar-refractivity contribution in [3.8, 4) is 5.75 Å². The van der Waals surface area contributed by atoms with E-state index in [1.54, 1.807) is 0 Å². The van der Waals surface area contributed by atoms with Crippen molar-refractivity contribution in [3.05, 3.63) is 29.8 Å². The van der Waals surface area contributed by atoms with Gasteiger partial charge >= 0.3 is 5.97 Å². The maximum absolute atomic E-state index is 14.3. The minimum Gasteiger partial charge on any atom is -0.508 e. The Morgan fingerprint density at radius 2 is 1.08 bits per heavy atom. The van der Waals surface area contributed by atoms with E-state index in [2.05, 4.69) is 51.1 Å². The molecular weight excluding hydrogens is 995 g/mol. The van der Waals surface area contributed by atoms with Crippen LogP contribution in [0.15, 0.2) is 24.3 Å². The number of fused-ring (bicyclic) bond motifs is 1. The van der Waals surface area contributed by atoms with Crippen LogP contribution >= 0.6 is 0 Å². The molecule has 0 aliphatic carbocycles. The van der Waals surface area contributed by atoms with Gasteiger partial charge in [-0.3, -0.25) is 57.5 Å². The number of carboxylic acids is 1. The number of nitrogens with zero attached hydrogens (tertiary/aromatic N) is 1. The van der Waals surface area contributed by atoms with Crippen LogP contribution in [0.25, 0.3) is 0 Å². The predicted octanol–water partition coefficient (Wildman–Crippen LogP) is -2.24. The van der Waals surface area contributed by atoms with Gasteiger partial charge in [0.25, 0.3) is 0 Å². The SMILES string of the molecule is CC(C)CCCCCCCCCC[C@H]1CC(=O)N[C@@H](CC(=O)O)C(=O)N[C@@H](Cc2ccc(O)cc2)C(=O)N[C@@H](CC(N)=O)C(=O)N[C@@H](CCC(N)=O)C(=O)N2CCC[C@H]2C(=O)N[C@@H](CC(N)=O)C(=O)N[C@@H](CO)C(=O)N1. The molecule has 2 aliphatic heterocycles. The first kappa shape index (κ1) is 62.9. The normalized spacial score (nSPS) is 23.8. The van der Waals surface area contributed by atoms with E-state index >= 15 is 0 Å². The third-order valence-corrected chi connectivity index (χ3v) is 12.9. The molecule has 0 saturated carbocycles. The number of amides is 11. The van der Waals surface area contributed by atoms with E-state index in [0.717, 1.165) is 49.8 Å². The molecule has 26 nitrogen and oxygen atoms in total. The fourth-order valence-corrected chi connectivity index (χ4v) is 8.89. The van der Waals surface area contributed by atoms with Gasteiger partial charge in [-0.05, 0) is 49.3 Å². The van der Waals surface area contributed by atoms with E-state index in [1.165, 1.54) is 24.3 Å². The van der Waals surface area contributed by atoms with Crippen LogP contribution in [0.4, 0.5) is 0 Å². The molecule has 0 radical (unpaired) electrons. The van der Waals surface area contributed by atoms with Gasteiger partial charge in [0, 0.05) is 31.8 Å². The Morgan fingerprint density at radius 3 is 1.62 bits per heavy atom. The van der Waals surface area contributed by atoms with Gasteiger partial charge in [-0.15, -0.1) is 0 Å². The second-order valence-corrected chi connectivity index (χ2v) is 19.8. The number of aromatic hydroxyl groups is 1. The molecule has 0 aromatic heterocycles. The van der Waals surface area contributed by atoms with Gasteiger partial charge in [0.1, 0.15) is 48.0 Å². The van der Waals surface area contributed by atoms with E-state index < -0.39 is 164 Å². The van der Waals surface area contributed by atoms with Gasteiger partial charge < -0.3 is 74.6 Å². The maximum Gasteiger partial charge on any atom is 0.305 e. The summed E-state index contributed by atoms with van der Waals surface area (Å²) in [6, 6.07) is -7.69. The highest BCUT2D eigenvalue weighted by atomic mass is 16.4. The van der Waals surface area contributed by atoms with Crippen LogP contribution in [0.5, 0.6) is 5.75 Å². The molecule has 26 heteroatoms. The molecule has 11 amide bonds. The first-order chi connectivity index (χ1) is 36.0. The van der Waals surface area contributed by atoms with Gasteiger partial charge in [0.2, 0.25) is 65.0 Å². The molecule has 422 valence electrons. The molecule has 1 aromatic carbocycles. The van der Waals surface area contributed by atoms with Crippen molar-refractivity contribution in [3.63, 3.8) is 0 Å². The van der Waals surface area contributed by atoms with Crippen LogP contribution in [0.2, 0.25) is 0 Å². The fraction of sp³-hybridized carbons (Fsp3) is 0.640. The minimum absolute atomic E-state index is 0.00410. The first-order valence-corrected chi connectivity index (χ1v) is 25.8. The van der Waals surface area contributed by atoms with E-state index in [0.29, 0.717) is 24.3 Å². The lowest BCUT2D eigenvalue weighted by Gasteiger charge is -2.31. The molecule has 2 heterocycles. The van der Waals surface area contributed by atoms with Crippen LogP contribution < -0.4 is 54.4 Å². The Balaban J connectivity index is 2.10. The number of primary amides is 3. The van der Waals surface area contributed by atoms with Crippen molar-refractivity contribution in [2.75, 3.05) is 13.2 Å². The highest BCUT2D eigenvalue weighted by molar-refractivity contribution is 6.00. The van der Waals surface area contributed by atoms with Crippen LogP contribution in [0.3, 0.4) is 0 Å². The molecule has 8 atom stereocenters. The maximum atomic E-state index is 14.3. The van der Waals surface area contributed by atoms with E-state index in [1.807, 2.05) is 0 Å². The number of hydrogen-bond acceptors (Lipinski definition) is 14. The second kappa shape index (κ2) is 32.1. The third kappa shape index (κ3) is 22.6. The monoisotopic (exact) mass is 1070 g/mol. The number of unbranched alkanes of at least 4 members (excludes halogenated alkanes) is 7. The number of aliphatic carboxylic acids is 1. The van der Waals surface area contributed by atoms with Gasteiger partial charge in [-0.2, -0.15) is 0 Å². The van der Waals surface area contributed by atoms with Gasteiger partial charge in [-0.1, -0.05) is 83.8 Å². The Labute approximate surface area is 440 Å². The molecule has 76 heavy (non-hydrogen) atoms. The Kier molecular flexibility index (Phi) is 26.6. The summed E-state index contributed by atoms with van der Waals surface area (Å²) in [4.78, 5) is 162. The van der Waals surface area contributed by atoms with Crippen LogP contribution in [-0.4, -0.2) is 153 Å². The summed E-state index contributed by atoms with van der Waals surface area (Å²) in [5, 5.41) is 46.9. The average Bonchev–Trinajstić information content (AvgIpc) is 3.84. The van der Waals surface area contributed by atoms with Crippen molar-refractivity contribution in [2.24, 2.45) is 23.1 Å². The third-order valence-electron chi connectivity index (χ3n) is 12.9. The number of carbonyl (C=O) groups is 12. The summed E-state index contributed by atoms with van der Waals surface area (Å²) in [5.74, 6) is -12.7. The number of nitrogens with two attached hydrogens (primary N) is 3. The standard InChI is InChI=1S/C50H77N11O15/c1-28(2)12-9-7-5-3-4-6-8-10-13-30-23-42(67)55-36(26-43(68)69)47(73)57-33(22-29-15-17-31(63)18-16-29)44(70)58-34(24-40(52)65)45(71)56-32(19-20-39(51)64)50(76)61-21-11-14-38(61)49(75)59-35(25-41(53)66)46(72)60-37(27-62)48(74)54-30/h15-18,28,30,32-38,62-63H,3-14,19-27H2,1-2H3,(H2,51,64)(H2,52,65)(H2,53,66)(H,54,74)(H,55,67)(H,56,71)(H,57,73)(H,58,70)(H,59,75)(H,60,72)(H,68,69)/t30-,32-,33-,34-,35-,36-,37-,38-/m0/s1. The first-order valence-electron chi connectivity index (χ1n) is 25.8. The topological polar surface area (TPSA) is 431 Å². The molecule has 2 saturated heterocycles. The number of benzene rings is 1. The Morgan fingerprint density at radius 1 is 0.592 bits per heavy atom. The number of aliphatic hydroxyl groups is 1. The van der Waals surface area contributed by atoms with Crippen molar-refractivity contribution >= 4 is 70.9 Å². The largest absolute Gasteiger partial charge is 0.508 e. The number of rotatable bonds is 23. The van der Waals surface area contributed by atoms with E-state index in [4.69, 9.17) is 17.2 Å². The number of hydrogen-bond donors (Lipinski definition) is 13.